The lowest BCUT2D eigenvalue weighted by Gasteiger charge is -2.15. The van der Waals surface area contributed by atoms with Gasteiger partial charge in [-0.1, -0.05) is 0 Å². The Labute approximate surface area is 214 Å². The van der Waals surface area contributed by atoms with Crippen LogP contribution in [0.15, 0.2) is 47.5 Å². The molecule has 4 aromatic rings. The molecule has 0 aliphatic rings. The molecule has 0 spiro atoms. The van der Waals surface area contributed by atoms with Crippen molar-refractivity contribution >= 4 is 17.6 Å². The number of anilines is 2. The Morgan fingerprint density at radius 1 is 1.16 bits per heavy atom. The number of hydrogen-bond donors (Lipinski definition) is 2. The molecule has 0 bridgehead atoms. The number of hydrogen-bond acceptors (Lipinski definition) is 7. The number of halogens is 3. The molecule has 0 amide bonds. The van der Waals surface area contributed by atoms with Crippen molar-refractivity contribution in [3.63, 3.8) is 0 Å². The molecular formula is C25H23F3N6O4. The number of carbonyl (C=O) groups is 1. The second kappa shape index (κ2) is 10.00. The molecule has 13 heteroatoms. The van der Waals surface area contributed by atoms with Crippen LogP contribution in [0, 0.1) is 13.8 Å². The molecule has 10 nitrogen and oxygen atoms in total. The number of aromatic carboxylic acids is 1. The Hall–Kier alpha value is -4.68. The first-order chi connectivity index (χ1) is 17.9. The van der Waals surface area contributed by atoms with Crippen molar-refractivity contribution in [1.29, 1.82) is 0 Å². The maximum atomic E-state index is 13.4. The summed E-state index contributed by atoms with van der Waals surface area (Å²) in [5, 5.41) is 16.3. The molecule has 38 heavy (non-hydrogen) atoms. The van der Waals surface area contributed by atoms with Gasteiger partial charge in [0.05, 0.1) is 7.11 Å². The lowest BCUT2D eigenvalue weighted by atomic mass is 10.1. The summed E-state index contributed by atoms with van der Waals surface area (Å²) in [5.41, 5.74) is -0.381. The van der Waals surface area contributed by atoms with E-state index >= 15 is 0 Å². The van der Waals surface area contributed by atoms with E-state index in [-0.39, 0.29) is 35.1 Å². The van der Waals surface area contributed by atoms with Crippen LogP contribution in [-0.2, 0) is 12.7 Å². The predicted molar refractivity (Wildman–Crippen MR) is 132 cm³/mol. The van der Waals surface area contributed by atoms with Gasteiger partial charge < -0.3 is 19.7 Å². The zero-order chi connectivity index (χ0) is 27.8. The summed E-state index contributed by atoms with van der Waals surface area (Å²) in [6.07, 6.45) is -1.97. The molecule has 1 aromatic carbocycles. The lowest BCUT2D eigenvalue weighted by Crippen LogP contribution is -2.25. The first-order valence-corrected chi connectivity index (χ1v) is 11.3. The van der Waals surface area contributed by atoms with Crippen molar-refractivity contribution in [2.45, 2.75) is 33.5 Å². The third-order valence-electron chi connectivity index (χ3n) is 5.66. The van der Waals surface area contributed by atoms with Crippen LogP contribution in [0.5, 0.6) is 5.75 Å². The Morgan fingerprint density at radius 2 is 1.89 bits per heavy atom. The minimum atomic E-state index is -4.70. The number of nitrogens with one attached hydrogen (secondary N) is 1. The van der Waals surface area contributed by atoms with Crippen molar-refractivity contribution in [3.8, 4) is 22.7 Å². The topological polar surface area (TPSA) is 124 Å². The molecule has 0 fully saturated rings. The largest absolute Gasteiger partial charge is 0.497 e. The highest BCUT2D eigenvalue weighted by molar-refractivity contribution is 5.89. The van der Waals surface area contributed by atoms with E-state index in [1.807, 2.05) is 13.0 Å². The highest BCUT2D eigenvalue weighted by atomic mass is 19.4. The van der Waals surface area contributed by atoms with E-state index in [0.29, 0.717) is 11.4 Å². The van der Waals surface area contributed by atoms with Crippen LogP contribution >= 0.6 is 0 Å². The third kappa shape index (κ3) is 5.21. The van der Waals surface area contributed by atoms with Gasteiger partial charge in [-0.25, -0.2) is 14.5 Å². The van der Waals surface area contributed by atoms with Gasteiger partial charge >= 0.3 is 12.1 Å². The lowest BCUT2D eigenvalue weighted by molar-refractivity contribution is -0.141. The molecule has 0 aliphatic carbocycles. The molecule has 0 atom stereocenters. The molecule has 4 rings (SSSR count). The van der Waals surface area contributed by atoms with Crippen LogP contribution < -0.4 is 15.6 Å². The number of ether oxygens (including phenoxy) is 1. The maximum Gasteiger partial charge on any atom is 0.435 e. The number of methoxy groups -OCH3 is 1. The van der Waals surface area contributed by atoms with Gasteiger partial charge in [-0.2, -0.15) is 23.3 Å². The normalized spacial score (nSPS) is 11.4. The quantitative estimate of drug-likeness (QED) is 0.357. The number of benzene rings is 1. The molecular weight excluding hydrogens is 505 g/mol. The SMILES string of the molecule is CCn1cc(-c2cnc(Nc3cc(C)cc(OC)c3)nc2-n2nc(C(F)(F)F)cc2C)cc(C(=O)O)c1=O. The number of alkyl halides is 3. The summed E-state index contributed by atoms with van der Waals surface area (Å²) in [5.74, 6) is -0.872. The van der Waals surface area contributed by atoms with E-state index < -0.39 is 29.0 Å². The van der Waals surface area contributed by atoms with Crippen LogP contribution in [0.25, 0.3) is 16.9 Å². The minimum Gasteiger partial charge on any atom is -0.497 e. The number of aromatic nitrogens is 5. The first kappa shape index (κ1) is 26.4. The third-order valence-corrected chi connectivity index (χ3v) is 5.66. The van der Waals surface area contributed by atoms with Gasteiger partial charge in [-0.3, -0.25) is 4.79 Å². The van der Waals surface area contributed by atoms with Crippen LogP contribution in [0.4, 0.5) is 24.8 Å². The van der Waals surface area contributed by atoms with Crippen LogP contribution in [0.2, 0.25) is 0 Å². The second-order valence-corrected chi connectivity index (χ2v) is 8.41. The van der Waals surface area contributed by atoms with Crippen LogP contribution in [0.1, 0.15) is 34.2 Å². The van der Waals surface area contributed by atoms with E-state index in [1.54, 1.807) is 19.1 Å². The highest BCUT2D eigenvalue weighted by Crippen LogP contribution is 2.32. The van der Waals surface area contributed by atoms with Gasteiger partial charge in [0.15, 0.2) is 11.5 Å². The zero-order valence-corrected chi connectivity index (χ0v) is 20.8. The number of rotatable bonds is 7. The fourth-order valence-electron chi connectivity index (χ4n) is 3.86. The maximum absolute atomic E-state index is 13.4. The molecule has 0 aliphatic heterocycles. The smallest absolute Gasteiger partial charge is 0.435 e. The van der Waals surface area contributed by atoms with Crippen LogP contribution in [0.3, 0.4) is 0 Å². The standard InChI is InChI=1S/C25H23F3N6O4/c1-5-33-12-15(9-18(22(33)35)23(36)37)19-11-29-24(30-16-6-13(2)7-17(10-16)38-4)31-21(19)34-14(3)8-20(32-34)25(26,27)28/h6-12H,5H2,1-4H3,(H,36,37)(H,29,30,31). The fraction of sp³-hybridized carbons (Fsp3) is 0.240. The van der Waals surface area contributed by atoms with Gasteiger partial charge in [-0.05, 0) is 50.6 Å². The number of carboxylic acids is 1. The first-order valence-electron chi connectivity index (χ1n) is 11.3. The molecule has 0 radical (unpaired) electrons. The van der Waals surface area contributed by atoms with E-state index in [2.05, 4.69) is 20.4 Å². The van der Waals surface area contributed by atoms with Crippen molar-refractivity contribution in [2.24, 2.45) is 0 Å². The summed E-state index contributed by atoms with van der Waals surface area (Å²) < 4.78 is 47.8. The van der Waals surface area contributed by atoms with E-state index in [4.69, 9.17) is 4.74 Å². The van der Waals surface area contributed by atoms with Crippen LogP contribution in [-0.4, -0.2) is 42.5 Å². The molecule has 3 heterocycles. The average Bonchev–Trinajstić information content (AvgIpc) is 3.25. The summed E-state index contributed by atoms with van der Waals surface area (Å²) >= 11 is 0. The van der Waals surface area contributed by atoms with Gasteiger partial charge in [-0.15, -0.1) is 0 Å². The van der Waals surface area contributed by atoms with Crippen molar-refractivity contribution in [2.75, 3.05) is 12.4 Å². The van der Waals surface area contributed by atoms with Gasteiger partial charge in [0.25, 0.3) is 5.56 Å². The number of pyridine rings is 1. The van der Waals surface area contributed by atoms with Gasteiger partial charge in [0.2, 0.25) is 5.95 Å². The Kier molecular flexibility index (Phi) is 6.94. The Morgan fingerprint density at radius 3 is 2.50 bits per heavy atom. The van der Waals surface area contributed by atoms with Gasteiger partial charge in [0.1, 0.15) is 11.3 Å². The summed E-state index contributed by atoms with van der Waals surface area (Å²) in [7, 11) is 1.52. The monoisotopic (exact) mass is 528 g/mol. The Bertz CT molecular complexity index is 1590. The van der Waals surface area contributed by atoms with E-state index in [9.17, 15) is 27.9 Å². The second-order valence-electron chi connectivity index (χ2n) is 8.41. The summed E-state index contributed by atoms with van der Waals surface area (Å²) in [6, 6.07) is 7.33. The summed E-state index contributed by atoms with van der Waals surface area (Å²) in [4.78, 5) is 32.9. The van der Waals surface area contributed by atoms with Crippen molar-refractivity contribution < 1.29 is 27.8 Å². The molecule has 0 saturated heterocycles. The van der Waals surface area contributed by atoms with Crippen molar-refractivity contribution in [1.82, 2.24) is 24.3 Å². The highest BCUT2D eigenvalue weighted by Gasteiger charge is 2.35. The van der Waals surface area contributed by atoms with Crippen molar-refractivity contribution in [3.05, 3.63) is 75.6 Å². The summed E-state index contributed by atoms with van der Waals surface area (Å²) in [6.45, 7) is 5.11. The van der Waals surface area contributed by atoms with E-state index in [1.165, 1.54) is 31.0 Å². The molecule has 0 unspecified atom stereocenters. The number of carboxylic acid groups (broad SMARTS) is 1. The minimum absolute atomic E-state index is 0.0436. The molecule has 0 saturated carbocycles. The number of aryl methyl sites for hydroxylation is 3. The van der Waals surface area contributed by atoms with E-state index in [0.717, 1.165) is 22.4 Å². The average molecular weight is 528 g/mol. The molecule has 2 N–H and O–H groups in total. The fourth-order valence-corrected chi connectivity index (χ4v) is 3.86. The molecule has 3 aromatic heterocycles. The molecule has 198 valence electrons. The van der Waals surface area contributed by atoms with Gasteiger partial charge in [0, 0.05) is 47.5 Å². The predicted octanol–water partition coefficient (Wildman–Crippen LogP) is 4.60. The zero-order valence-electron chi connectivity index (χ0n) is 20.8. The Balaban J connectivity index is 1.94. The number of nitrogens with zero attached hydrogens (tertiary/aromatic N) is 5.